The van der Waals surface area contributed by atoms with Crippen LogP contribution in [-0.2, 0) is 4.74 Å². The van der Waals surface area contributed by atoms with Crippen LogP contribution in [0.15, 0.2) is 18.2 Å². The van der Waals surface area contributed by atoms with Gasteiger partial charge in [-0.15, -0.1) is 0 Å². The topological polar surface area (TPSA) is 38.7 Å². The Bertz CT molecular complexity index is 378. The molecule has 1 saturated heterocycles. The maximum atomic E-state index is 9.46. The lowest BCUT2D eigenvalue weighted by Gasteiger charge is -2.19. The number of aryl methyl sites for hydroxylation is 1. The highest BCUT2D eigenvalue weighted by molar-refractivity contribution is 5.36. The van der Waals surface area contributed by atoms with Crippen LogP contribution < -0.4 is 4.74 Å². The van der Waals surface area contributed by atoms with E-state index in [4.69, 9.17) is 9.47 Å². The predicted molar refractivity (Wildman–Crippen MR) is 66.5 cm³/mol. The standard InChI is InChI=1S/C14H20O3/c1-10-6-11(15)8-13(7-10)16-9-12-4-5-14(2,3)17-12/h6-8,12,15H,4-5,9H2,1-3H3. The smallest absolute Gasteiger partial charge is 0.123 e. The van der Waals surface area contributed by atoms with Crippen molar-refractivity contribution in [3.63, 3.8) is 0 Å². The highest BCUT2D eigenvalue weighted by Crippen LogP contribution is 2.30. The van der Waals surface area contributed by atoms with Gasteiger partial charge in [-0.25, -0.2) is 0 Å². The van der Waals surface area contributed by atoms with Crippen molar-refractivity contribution in [1.82, 2.24) is 0 Å². The minimum Gasteiger partial charge on any atom is -0.508 e. The van der Waals surface area contributed by atoms with Crippen LogP contribution in [0, 0.1) is 6.92 Å². The molecule has 1 unspecified atom stereocenters. The number of benzene rings is 1. The van der Waals surface area contributed by atoms with E-state index in [1.54, 1.807) is 12.1 Å². The summed E-state index contributed by atoms with van der Waals surface area (Å²) >= 11 is 0. The molecule has 1 aliphatic rings. The van der Waals surface area contributed by atoms with Gasteiger partial charge in [-0.05, 0) is 51.3 Å². The fourth-order valence-electron chi connectivity index (χ4n) is 2.20. The predicted octanol–water partition coefficient (Wildman–Crippen LogP) is 3.04. The molecule has 1 N–H and O–H groups in total. The van der Waals surface area contributed by atoms with Crippen molar-refractivity contribution in [1.29, 1.82) is 0 Å². The Labute approximate surface area is 102 Å². The summed E-state index contributed by atoms with van der Waals surface area (Å²) in [4.78, 5) is 0. The van der Waals surface area contributed by atoms with Crippen LogP contribution in [0.4, 0.5) is 0 Å². The minimum absolute atomic E-state index is 0.0250. The zero-order valence-corrected chi connectivity index (χ0v) is 10.7. The molecule has 0 aromatic heterocycles. The van der Waals surface area contributed by atoms with Crippen LogP contribution in [0.2, 0.25) is 0 Å². The summed E-state index contributed by atoms with van der Waals surface area (Å²) in [6.07, 6.45) is 2.26. The second kappa shape index (κ2) is 4.57. The molecule has 0 bridgehead atoms. The molecule has 0 aliphatic carbocycles. The molecular weight excluding hydrogens is 216 g/mol. The number of phenols is 1. The Balaban J connectivity index is 1.90. The summed E-state index contributed by atoms with van der Waals surface area (Å²) < 4.78 is 11.5. The van der Waals surface area contributed by atoms with Crippen molar-refractivity contribution in [2.45, 2.75) is 45.3 Å². The van der Waals surface area contributed by atoms with Gasteiger partial charge in [-0.2, -0.15) is 0 Å². The van der Waals surface area contributed by atoms with Crippen molar-refractivity contribution in [3.05, 3.63) is 23.8 Å². The fourth-order valence-corrected chi connectivity index (χ4v) is 2.20. The molecule has 1 aromatic carbocycles. The first-order chi connectivity index (χ1) is 7.94. The van der Waals surface area contributed by atoms with Crippen LogP contribution in [-0.4, -0.2) is 23.4 Å². The van der Waals surface area contributed by atoms with E-state index in [1.807, 2.05) is 13.0 Å². The molecule has 2 rings (SSSR count). The molecule has 1 atom stereocenters. The number of ether oxygens (including phenoxy) is 2. The molecule has 3 heteroatoms. The van der Waals surface area contributed by atoms with E-state index in [-0.39, 0.29) is 17.5 Å². The summed E-state index contributed by atoms with van der Waals surface area (Å²) in [7, 11) is 0. The molecule has 1 aromatic rings. The van der Waals surface area contributed by atoms with Gasteiger partial charge in [0.05, 0.1) is 11.7 Å². The van der Waals surface area contributed by atoms with E-state index in [1.165, 1.54) is 0 Å². The monoisotopic (exact) mass is 236 g/mol. The van der Waals surface area contributed by atoms with Gasteiger partial charge in [0, 0.05) is 6.07 Å². The molecule has 94 valence electrons. The van der Waals surface area contributed by atoms with Gasteiger partial charge < -0.3 is 14.6 Å². The Hall–Kier alpha value is -1.22. The van der Waals surface area contributed by atoms with Gasteiger partial charge in [-0.3, -0.25) is 0 Å². The van der Waals surface area contributed by atoms with Crippen molar-refractivity contribution in [2.75, 3.05) is 6.61 Å². The normalized spacial score (nSPS) is 22.6. The zero-order valence-electron chi connectivity index (χ0n) is 10.7. The number of aromatic hydroxyl groups is 1. The van der Waals surface area contributed by atoms with Crippen LogP contribution in [0.1, 0.15) is 32.3 Å². The SMILES string of the molecule is Cc1cc(O)cc(OCC2CCC(C)(C)O2)c1. The maximum Gasteiger partial charge on any atom is 0.123 e. The Kier molecular flexibility index (Phi) is 3.29. The Morgan fingerprint density at radius 1 is 1.41 bits per heavy atom. The van der Waals surface area contributed by atoms with E-state index in [0.29, 0.717) is 12.4 Å². The average Bonchev–Trinajstić information content (AvgIpc) is 2.54. The first-order valence-corrected chi connectivity index (χ1v) is 6.06. The maximum absolute atomic E-state index is 9.46. The molecule has 0 saturated carbocycles. The number of rotatable bonds is 3. The molecule has 1 fully saturated rings. The van der Waals surface area contributed by atoms with E-state index in [9.17, 15) is 5.11 Å². The summed E-state index contributed by atoms with van der Waals surface area (Å²) in [5, 5.41) is 9.46. The number of phenolic OH excluding ortho intramolecular Hbond substituents is 1. The summed E-state index contributed by atoms with van der Waals surface area (Å²) in [6.45, 7) is 6.69. The molecule has 3 nitrogen and oxygen atoms in total. The van der Waals surface area contributed by atoms with Crippen molar-refractivity contribution >= 4 is 0 Å². The molecular formula is C14H20O3. The molecule has 17 heavy (non-hydrogen) atoms. The quantitative estimate of drug-likeness (QED) is 0.876. The van der Waals surface area contributed by atoms with Crippen LogP contribution in [0.25, 0.3) is 0 Å². The largest absolute Gasteiger partial charge is 0.508 e. The first-order valence-electron chi connectivity index (χ1n) is 6.06. The molecule has 1 heterocycles. The second-order valence-electron chi connectivity index (χ2n) is 5.35. The third kappa shape index (κ3) is 3.37. The lowest BCUT2D eigenvalue weighted by Crippen LogP contribution is -2.23. The summed E-state index contributed by atoms with van der Waals surface area (Å²) in [5.74, 6) is 0.948. The fraction of sp³-hybridized carbons (Fsp3) is 0.571. The van der Waals surface area contributed by atoms with Crippen LogP contribution in [0.3, 0.4) is 0 Å². The molecule has 0 spiro atoms. The molecule has 0 amide bonds. The van der Waals surface area contributed by atoms with Gasteiger partial charge in [-0.1, -0.05) is 0 Å². The summed E-state index contributed by atoms with van der Waals surface area (Å²) in [6, 6.07) is 5.26. The van der Waals surface area contributed by atoms with Crippen molar-refractivity contribution in [3.8, 4) is 11.5 Å². The highest BCUT2D eigenvalue weighted by Gasteiger charge is 2.31. The highest BCUT2D eigenvalue weighted by atomic mass is 16.6. The lowest BCUT2D eigenvalue weighted by molar-refractivity contribution is -0.0326. The lowest BCUT2D eigenvalue weighted by atomic mass is 10.1. The zero-order chi connectivity index (χ0) is 12.5. The number of hydrogen-bond acceptors (Lipinski definition) is 3. The van der Waals surface area contributed by atoms with Gasteiger partial charge in [0.25, 0.3) is 0 Å². The average molecular weight is 236 g/mol. The minimum atomic E-state index is -0.0250. The van der Waals surface area contributed by atoms with Crippen molar-refractivity contribution < 1.29 is 14.6 Å². The third-order valence-electron chi connectivity index (χ3n) is 3.03. The summed E-state index contributed by atoms with van der Waals surface area (Å²) in [5.41, 5.74) is 0.968. The van der Waals surface area contributed by atoms with E-state index >= 15 is 0 Å². The van der Waals surface area contributed by atoms with Crippen LogP contribution >= 0.6 is 0 Å². The van der Waals surface area contributed by atoms with E-state index in [2.05, 4.69) is 13.8 Å². The van der Waals surface area contributed by atoms with Gasteiger partial charge >= 0.3 is 0 Å². The third-order valence-corrected chi connectivity index (χ3v) is 3.03. The van der Waals surface area contributed by atoms with Gasteiger partial charge in [0.2, 0.25) is 0 Å². The van der Waals surface area contributed by atoms with E-state index < -0.39 is 0 Å². The van der Waals surface area contributed by atoms with Crippen molar-refractivity contribution in [2.24, 2.45) is 0 Å². The Morgan fingerprint density at radius 2 is 2.18 bits per heavy atom. The molecule has 0 radical (unpaired) electrons. The van der Waals surface area contributed by atoms with E-state index in [0.717, 1.165) is 18.4 Å². The first kappa shape index (κ1) is 12.2. The molecule has 1 aliphatic heterocycles. The van der Waals surface area contributed by atoms with Gasteiger partial charge in [0.15, 0.2) is 0 Å². The van der Waals surface area contributed by atoms with Gasteiger partial charge in [0.1, 0.15) is 18.1 Å². The number of hydrogen-bond donors (Lipinski definition) is 1. The Morgan fingerprint density at radius 3 is 2.76 bits per heavy atom. The second-order valence-corrected chi connectivity index (χ2v) is 5.35. The van der Waals surface area contributed by atoms with Crippen LogP contribution in [0.5, 0.6) is 11.5 Å².